The van der Waals surface area contributed by atoms with E-state index in [2.05, 4.69) is 10.1 Å². The first-order valence-corrected chi connectivity index (χ1v) is 5.79. The van der Waals surface area contributed by atoms with Crippen molar-refractivity contribution >= 4 is 11.8 Å². The lowest BCUT2D eigenvalue weighted by atomic mass is 10.3. The fourth-order valence-electron chi connectivity index (χ4n) is 0.834. The number of aliphatic hydroxyl groups is 1. The largest absolute Gasteiger partial charge is 0.392 e. The highest BCUT2D eigenvalue weighted by atomic mass is 32.2. The molecule has 2 unspecified atom stereocenters. The lowest BCUT2D eigenvalue weighted by molar-refractivity contribution is 0.196. The van der Waals surface area contributed by atoms with Crippen LogP contribution >= 0.6 is 11.8 Å². The van der Waals surface area contributed by atoms with Crippen molar-refractivity contribution in [3.63, 3.8) is 0 Å². The Hall–Kier alpha value is -0.550. The van der Waals surface area contributed by atoms with E-state index in [1.54, 1.807) is 18.7 Å². The van der Waals surface area contributed by atoms with E-state index in [4.69, 9.17) is 4.52 Å². The van der Waals surface area contributed by atoms with Crippen LogP contribution in [0.5, 0.6) is 0 Å². The molecular weight excluding hydrogens is 200 g/mol. The van der Waals surface area contributed by atoms with Gasteiger partial charge in [0.25, 0.3) is 0 Å². The van der Waals surface area contributed by atoms with Gasteiger partial charge in [-0.05, 0) is 6.92 Å². The van der Waals surface area contributed by atoms with Gasteiger partial charge in [-0.1, -0.05) is 19.0 Å². The number of thioether (sulfide) groups is 1. The van der Waals surface area contributed by atoms with Gasteiger partial charge in [0.05, 0.1) is 11.9 Å². The summed E-state index contributed by atoms with van der Waals surface area (Å²) in [6, 6.07) is 0. The average molecular weight is 216 g/mol. The van der Waals surface area contributed by atoms with Gasteiger partial charge in [-0.3, -0.25) is 0 Å². The fourth-order valence-corrected chi connectivity index (χ4v) is 1.64. The van der Waals surface area contributed by atoms with Crippen molar-refractivity contribution < 1.29 is 9.63 Å². The lowest BCUT2D eigenvalue weighted by Gasteiger charge is -2.11. The monoisotopic (exact) mass is 216 g/mol. The van der Waals surface area contributed by atoms with E-state index in [-0.39, 0.29) is 11.4 Å². The first kappa shape index (κ1) is 11.5. The molecular formula is C9H16N2O2S. The number of aliphatic hydroxyl groups excluding tert-OH is 1. The molecule has 0 aliphatic rings. The Morgan fingerprint density at radius 3 is 2.71 bits per heavy atom. The van der Waals surface area contributed by atoms with Crippen molar-refractivity contribution in [3.8, 4) is 0 Å². The van der Waals surface area contributed by atoms with Crippen molar-refractivity contribution in [2.75, 3.05) is 0 Å². The summed E-state index contributed by atoms with van der Waals surface area (Å²) in [4.78, 5) is 4.18. The third-order valence-corrected chi connectivity index (χ3v) is 3.31. The van der Waals surface area contributed by atoms with Gasteiger partial charge in [-0.2, -0.15) is 4.98 Å². The molecule has 1 heterocycles. The molecule has 0 bridgehead atoms. The van der Waals surface area contributed by atoms with Gasteiger partial charge in [0.2, 0.25) is 5.89 Å². The maximum Gasteiger partial charge on any atom is 0.236 e. The van der Waals surface area contributed by atoms with Crippen LogP contribution in [-0.2, 0) is 12.2 Å². The molecule has 0 aromatic carbocycles. The van der Waals surface area contributed by atoms with Crippen LogP contribution in [0.1, 0.15) is 32.5 Å². The quantitative estimate of drug-likeness (QED) is 0.810. The Morgan fingerprint density at radius 2 is 2.21 bits per heavy atom. The Labute approximate surface area is 88.1 Å². The highest BCUT2D eigenvalue weighted by Gasteiger charge is 2.11. The topological polar surface area (TPSA) is 59.2 Å². The summed E-state index contributed by atoms with van der Waals surface area (Å²) in [5.74, 6) is 2.05. The van der Waals surface area contributed by atoms with Crippen molar-refractivity contribution in [2.24, 2.45) is 0 Å². The highest BCUT2D eigenvalue weighted by molar-refractivity contribution is 7.99. The first-order valence-electron chi connectivity index (χ1n) is 4.74. The van der Waals surface area contributed by atoms with Crippen LogP contribution in [0.2, 0.25) is 0 Å². The van der Waals surface area contributed by atoms with E-state index in [9.17, 15) is 5.11 Å². The molecule has 5 heteroatoms. The molecule has 0 aliphatic heterocycles. The number of hydrogen-bond donors (Lipinski definition) is 1. The summed E-state index contributed by atoms with van der Waals surface area (Å²) >= 11 is 1.62. The SMILES string of the molecule is CCc1noc(CSC(C)C(C)O)n1. The smallest absolute Gasteiger partial charge is 0.236 e. The summed E-state index contributed by atoms with van der Waals surface area (Å²) in [7, 11) is 0. The second-order valence-corrected chi connectivity index (χ2v) is 4.58. The van der Waals surface area contributed by atoms with Gasteiger partial charge in [0.1, 0.15) is 0 Å². The molecule has 14 heavy (non-hydrogen) atoms. The minimum atomic E-state index is -0.312. The number of hydrogen-bond acceptors (Lipinski definition) is 5. The van der Waals surface area contributed by atoms with Crippen LogP contribution in [0.4, 0.5) is 0 Å². The van der Waals surface area contributed by atoms with E-state index in [1.165, 1.54) is 0 Å². The Kier molecular flexibility index (Phi) is 4.41. The number of nitrogens with zero attached hydrogens (tertiary/aromatic N) is 2. The zero-order valence-electron chi connectivity index (χ0n) is 8.73. The van der Waals surface area contributed by atoms with E-state index < -0.39 is 0 Å². The van der Waals surface area contributed by atoms with Gasteiger partial charge in [-0.15, -0.1) is 11.8 Å². The number of aromatic nitrogens is 2. The lowest BCUT2D eigenvalue weighted by Crippen LogP contribution is -2.15. The van der Waals surface area contributed by atoms with E-state index in [1.807, 2.05) is 13.8 Å². The maximum absolute atomic E-state index is 9.26. The third kappa shape index (κ3) is 3.31. The molecule has 1 rings (SSSR count). The van der Waals surface area contributed by atoms with Gasteiger partial charge in [-0.25, -0.2) is 0 Å². The normalized spacial score (nSPS) is 15.4. The van der Waals surface area contributed by atoms with Crippen molar-refractivity contribution in [3.05, 3.63) is 11.7 Å². The van der Waals surface area contributed by atoms with Crippen LogP contribution in [0.25, 0.3) is 0 Å². The minimum Gasteiger partial charge on any atom is -0.392 e. The minimum absolute atomic E-state index is 0.187. The zero-order chi connectivity index (χ0) is 10.6. The molecule has 2 atom stereocenters. The Morgan fingerprint density at radius 1 is 1.50 bits per heavy atom. The van der Waals surface area contributed by atoms with Crippen LogP contribution < -0.4 is 0 Å². The second kappa shape index (κ2) is 5.36. The molecule has 0 fully saturated rings. The summed E-state index contributed by atoms with van der Waals surface area (Å²) in [5, 5.41) is 13.2. The molecule has 0 spiro atoms. The predicted molar refractivity (Wildman–Crippen MR) is 56.1 cm³/mol. The van der Waals surface area contributed by atoms with E-state index >= 15 is 0 Å². The molecule has 0 amide bonds. The van der Waals surface area contributed by atoms with Gasteiger partial charge < -0.3 is 9.63 Å². The molecule has 0 saturated heterocycles. The second-order valence-electron chi connectivity index (χ2n) is 3.21. The fraction of sp³-hybridized carbons (Fsp3) is 0.778. The molecule has 4 nitrogen and oxygen atoms in total. The maximum atomic E-state index is 9.26. The van der Waals surface area contributed by atoms with Gasteiger partial charge in [0.15, 0.2) is 5.82 Å². The highest BCUT2D eigenvalue weighted by Crippen LogP contribution is 2.18. The van der Waals surface area contributed by atoms with Gasteiger partial charge >= 0.3 is 0 Å². The van der Waals surface area contributed by atoms with Crippen molar-refractivity contribution in [2.45, 2.75) is 44.3 Å². The van der Waals surface area contributed by atoms with E-state index in [0.29, 0.717) is 11.6 Å². The molecule has 1 aromatic heterocycles. The molecule has 0 aliphatic carbocycles. The third-order valence-electron chi connectivity index (χ3n) is 1.98. The molecule has 1 N–H and O–H groups in total. The molecule has 0 saturated carbocycles. The van der Waals surface area contributed by atoms with E-state index in [0.717, 1.165) is 12.2 Å². The number of aryl methyl sites for hydroxylation is 1. The molecule has 1 aromatic rings. The average Bonchev–Trinajstić information content (AvgIpc) is 2.61. The van der Waals surface area contributed by atoms with Crippen LogP contribution in [0, 0.1) is 0 Å². The first-order chi connectivity index (χ1) is 6.63. The Balaban J connectivity index is 2.37. The summed E-state index contributed by atoms with van der Waals surface area (Å²) in [5.41, 5.74) is 0. The van der Waals surface area contributed by atoms with Crippen molar-refractivity contribution in [1.29, 1.82) is 0 Å². The molecule has 0 radical (unpaired) electrons. The molecule has 80 valence electrons. The van der Waals surface area contributed by atoms with Gasteiger partial charge in [0, 0.05) is 11.7 Å². The Bertz CT molecular complexity index is 276. The van der Waals surface area contributed by atoms with Crippen LogP contribution in [0.15, 0.2) is 4.52 Å². The zero-order valence-corrected chi connectivity index (χ0v) is 9.54. The van der Waals surface area contributed by atoms with Crippen molar-refractivity contribution in [1.82, 2.24) is 10.1 Å². The van der Waals surface area contributed by atoms with Crippen LogP contribution in [-0.4, -0.2) is 26.6 Å². The van der Waals surface area contributed by atoms with Crippen LogP contribution in [0.3, 0.4) is 0 Å². The summed E-state index contributed by atoms with van der Waals surface area (Å²) in [6.07, 6.45) is 0.480. The summed E-state index contributed by atoms with van der Waals surface area (Å²) in [6.45, 7) is 5.75. The number of rotatable bonds is 5. The standard InChI is InChI=1S/C9H16N2O2S/c1-4-8-10-9(13-11-8)5-14-7(3)6(2)12/h6-7,12H,4-5H2,1-3H3. The predicted octanol–water partition coefficient (Wildman–Crippen LogP) is 1.63. The summed E-state index contributed by atoms with van der Waals surface area (Å²) < 4.78 is 5.02.